The van der Waals surface area contributed by atoms with E-state index in [4.69, 9.17) is 23.2 Å². The number of rotatable bonds is 1. The number of benzene rings is 2. The predicted octanol–water partition coefficient (Wildman–Crippen LogP) is 4.93. The van der Waals surface area contributed by atoms with Gasteiger partial charge in [0.2, 0.25) is 0 Å². The lowest BCUT2D eigenvalue weighted by molar-refractivity contribution is 0.0975. The van der Waals surface area contributed by atoms with Crippen molar-refractivity contribution in [3.63, 3.8) is 0 Å². The Balaban J connectivity index is 2.11. The van der Waals surface area contributed by atoms with Crippen molar-refractivity contribution in [1.82, 2.24) is 0 Å². The van der Waals surface area contributed by atoms with Gasteiger partial charge in [0.25, 0.3) is 5.91 Å². The van der Waals surface area contributed by atoms with E-state index >= 15 is 0 Å². The third-order valence-electron chi connectivity index (χ3n) is 4.13. The van der Waals surface area contributed by atoms with Crippen LogP contribution in [-0.2, 0) is 0 Å². The molecular formula is C18H17Cl2NO. The Kier molecular flexibility index (Phi) is 4.16. The van der Waals surface area contributed by atoms with Crippen LogP contribution in [0.15, 0.2) is 48.5 Å². The fraction of sp³-hybridized carbons (Fsp3) is 0.278. The lowest BCUT2D eigenvalue weighted by Gasteiger charge is -2.40. The van der Waals surface area contributed by atoms with Crippen molar-refractivity contribution in [2.24, 2.45) is 0 Å². The first-order valence-electron chi connectivity index (χ1n) is 7.28. The smallest absolute Gasteiger partial charge is 0.258 e. The van der Waals surface area contributed by atoms with Crippen LogP contribution >= 0.6 is 23.2 Å². The highest BCUT2D eigenvalue weighted by atomic mass is 35.5. The minimum Gasteiger partial charge on any atom is -0.304 e. The van der Waals surface area contributed by atoms with Crippen LogP contribution in [0.25, 0.3) is 0 Å². The number of carbonyl (C=O) groups excluding carboxylic acids is 1. The molecule has 0 unspecified atom stereocenters. The zero-order valence-electron chi connectivity index (χ0n) is 12.5. The van der Waals surface area contributed by atoms with Crippen molar-refractivity contribution in [3.05, 3.63) is 65.2 Å². The van der Waals surface area contributed by atoms with Crippen molar-refractivity contribution < 1.29 is 4.79 Å². The first-order chi connectivity index (χ1) is 10.5. The van der Waals surface area contributed by atoms with E-state index in [1.54, 1.807) is 4.90 Å². The summed E-state index contributed by atoms with van der Waals surface area (Å²) in [5.74, 6) is -0.0487. The zero-order chi connectivity index (χ0) is 15.9. The van der Waals surface area contributed by atoms with Crippen LogP contribution in [0.4, 0.5) is 5.69 Å². The van der Waals surface area contributed by atoms with Gasteiger partial charge in [-0.1, -0.05) is 35.9 Å². The molecule has 114 valence electrons. The molecule has 0 radical (unpaired) electrons. The van der Waals surface area contributed by atoms with Gasteiger partial charge in [0.05, 0.1) is 16.8 Å². The monoisotopic (exact) mass is 333 g/mol. The Labute approximate surface area is 140 Å². The van der Waals surface area contributed by atoms with E-state index in [1.165, 1.54) is 0 Å². The molecule has 2 aromatic rings. The molecule has 1 aliphatic rings. The van der Waals surface area contributed by atoms with Gasteiger partial charge in [-0.2, -0.15) is 0 Å². The summed E-state index contributed by atoms with van der Waals surface area (Å²) in [5.41, 5.74) is 3.53. The summed E-state index contributed by atoms with van der Waals surface area (Å²) >= 11 is 13.0. The maximum absolute atomic E-state index is 12.9. The number of fused-ring (bicyclic) bond motifs is 1. The number of halogens is 2. The minimum absolute atomic E-state index is 0.0487. The Hall–Kier alpha value is -1.51. The van der Waals surface area contributed by atoms with E-state index in [1.807, 2.05) is 62.4 Å². The summed E-state index contributed by atoms with van der Waals surface area (Å²) in [5, 5.41) is -0.630. The van der Waals surface area contributed by atoms with E-state index in [-0.39, 0.29) is 22.7 Å². The zero-order valence-corrected chi connectivity index (χ0v) is 14.0. The maximum atomic E-state index is 12.9. The first-order valence-corrected chi connectivity index (χ1v) is 8.15. The second kappa shape index (κ2) is 5.94. The van der Waals surface area contributed by atoms with Crippen LogP contribution in [0.5, 0.6) is 0 Å². The van der Waals surface area contributed by atoms with Crippen LogP contribution in [0.1, 0.15) is 33.8 Å². The highest BCUT2D eigenvalue weighted by Gasteiger charge is 2.39. The van der Waals surface area contributed by atoms with E-state index in [9.17, 15) is 4.79 Å². The number of nitrogens with zero attached hydrogens (tertiary/aromatic N) is 1. The fourth-order valence-corrected chi connectivity index (χ4v) is 3.54. The third-order valence-corrected chi connectivity index (χ3v) is 5.38. The molecule has 3 atom stereocenters. The van der Waals surface area contributed by atoms with E-state index in [0.717, 1.165) is 16.8 Å². The van der Waals surface area contributed by atoms with Gasteiger partial charge in [0.15, 0.2) is 0 Å². The van der Waals surface area contributed by atoms with Gasteiger partial charge in [-0.3, -0.25) is 4.79 Å². The molecule has 0 fully saturated rings. The number of hydrogen-bond acceptors (Lipinski definition) is 1. The molecule has 0 bridgehead atoms. The molecule has 0 N–H and O–H groups in total. The first kappa shape index (κ1) is 15.4. The summed E-state index contributed by atoms with van der Waals surface area (Å²) in [4.78, 5) is 14.7. The average molecular weight is 334 g/mol. The molecule has 4 heteroatoms. The average Bonchev–Trinajstić information content (AvgIpc) is 2.54. The van der Waals surface area contributed by atoms with Crippen LogP contribution in [-0.4, -0.2) is 17.3 Å². The molecule has 0 saturated carbocycles. The molecular weight excluding hydrogens is 317 g/mol. The number of amides is 1. The normalized spacial score (nSPS) is 24.0. The summed E-state index contributed by atoms with van der Waals surface area (Å²) in [7, 11) is 0. The molecule has 1 aliphatic heterocycles. The van der Waals surface area contributed by atoms with Crippen molar-refractivity contribution in [2.75, 3.05) is 4.90 Å². The second-order valence-electron chi connectivity index (χ2n) is 5.69. The van der Waals surface area contributed by atoms with Gasteiger partial charge in [0, 0.05) is 11.3 Å². The van der Waals surface area contributed by atoms with Gasteiger partial charge >= 0.3 is 0 Å². The largest absolute Gasteiger partial charge is 0.304 e. The van der Waals surface area contributed by atoms with Gasteiger partial charge in [0.1, 0.15) is 0 Å². The van der Waals surface area contributed by atoms with Crippen LogP contribution in [0, 0.1) is 6.92 Å². The van der Waals surface area contributed by atoms with Gasteiger partial charge in [-0.25, -0.2) is 0 Å². The molecule has 2 aromatic carbocycles. The second-order valence-corrected chi connectivity index (χ2v) is 6.66. The molecule has 2 nitrogen and oxygen atoms in total. The predicted molar refractivity (Wildman–Crippen MR) is 92.1 cm³/mol. The number of carbonyl (C=O) groups is 1. The van der Waals surface area contributed by atoms with E-state index < -0.39 is 0 Å². The fourth-order valence-electron chi connectivity index (χ4n) is 2.91. The van der Waals surface area contributed by atoms with E-state index in [0.29, 0.717) is 5.56 Å². The summed E-state index contributed by atoms with van der Waals surface area (Å²) in [6.07, 6.45) is 0. The Morgan fingerprint density at radius 3 is 2.45 bits per heavy atom. The SMILES string of the molecule is Cc1ccc2c(c1)[C@H](Cl)[C@@H](Cl)[C@H](C)N2C(=O)c1ccccc1. The molecule has 0 aliphatic carbocycles. The molecule has 0 spiro atoms. The van der Waals surface area contributed by atoms with Gasteiger partial charge in [-0.15, -0.1) is 23.2 Å². The highest BCUT2D eigenvalue weighted by Crippen LogP contribution is 2.44. The van der Waals surface area contributed by atoms with Gasteiger partial charge < -0.3 is 4.90 Å². The van der Waals surface area contributed by atoms with Crippen LogP contribution < -0.4 is 4.90 Å². The summed E-state index contributed by atoms with van der Waals surface area (Å²) in [6.45, 7) is 3.95. The number of anilines is 1. The van der Waals surface area contributed by atoms with Crippen LogP contribution in [0.3, 0.4) is 0 Å². The summed E-state index contributed by atoms with van der Waals surface area (Å²) < 4.78 is 0. The summed E-state index contributed by atoms with van der Waals surface area (Å²) in [6, 6.07) is 15.0. The lowest BCUT2D eigenvalue weighted by atomic mass is 9.93. The molecule has 1 amide bonds. The maximum Gasteiger partial charge on any atom is 0.258 e. The van der Waals surface area contributed by atoms with Crippen LogP contribution in [0.2, 0.25) is 0 Å². The standard InChI is InChI=1S/C18H17Cl2NO/c1-11-8-9-15-14(10-11)17(20)16(19)12(2)21(15)18(22)13-6-4-3-5-7-13/h3-10,12,16-17H,1-2H3/t12-,16-,17-/m0/s1. The minimum atomic E-state index is -0.330. The van der Waals surface area contributed by atoms with Crippen molar-refractivity contribution in [2.45, 2.75) is 30.6 Å². The molecule has 0 saturated heterocycles. The van der Waals surface area contributed by atoms with Crippen molar-refractivity contribution in [1.29, 1.82) is 0 Å². The highest BCUT2D eigenvalue weighted by molar-refractivity contribution is 6.32. The Bertz CT molecular complexity index is 701. The van der Waals surface area contributed by atoms with Gasteiger partial charge in [-0.05, 0) is 37.6 Å². The van der Waals surface area contributed by atoms with Crippen molar-refractivity contribution >= 4 is 34.8 Å². The molecule has 22 heavy (non-hydrogen) atoms. The van der Waals surface area contributed by atoms with Crippen molar-refractivity contribution in [3.8, 4) is 0 Å². The lowest BCUT2D eigenvalue weighted by Crippen LogP contribution is -2.48. The third kappa shape index (κ3) is 2.51. The molecule has 0 aromatic heterocycles. The number of alkyl halides is 2. The Morgan fingerprint density at radius 1 is 1.09 bits per heavy atom. The quantitative estimate of drug-likeness (QED) is 0.677. The topological polar surface area (TPSA) is 20.3 Å². The Morgan fingerprint density at radius 2 is 1.77 bits per heavy atom. The number of aryl methyl sites for hydroxylation is 1. The molecule has 3 rings (SSSR count). The molecule has 1 heterocycles. The number of hydrogen-bond donors (Lipinski definition) is 0. The van der Waals surface area contributed by atoms with E-state index in [2.05, 4.69) is 0 Å².